The number of urea groups is 1. The minimum Gasteiger partial charge on any atom is -0.370 e. The molecule has 0 aromatic rings. The van der Waals surface area contributed by atoms with Gasteiger partial charge in [0.25, 0.3) is 0 Å². The van der Waals surface area contributed by atoms with Crippen molar-refractivity contribution in [2.75, 3.05) is 14.1 Å². The van der Waals surface area contributed by atoms with Crippen molar-refractivity contribution in [3.8, 4) is 0 Å². The Labute approximate surface area is 59.3 Å². The lowest BCUT2D eigenvalue weighted by molar-refractivity contribution is 0.0653. The third kappa shape index (κ3) is 0.974. The fraction of sp³-hybridized carbons (Fsp3) is 0.500. The van der Waals surface area contributed by atoms with Crippen molar-refractivity contribution in [2.45, 2.75) is 6.23 Å². The van der Waals surface area contributed by atoms with Crippen molar-refractivity contribution in [3.05, 3.63) is 12.3 Å². The summed E-state index contributed by atoms with van der Waals surface area (Å²) in [6, 6.07) is -0.199. The van der Waals surface area contributed by atoms with Crippen molar-refractivity contribution in [3.63, 3.8) is 0 Å². The highest BCUT2D eigenvalue weighted by Crippen LogP contribution is 2.06. The van der Waals surface area contributed by atoms with E-state index < -0.39 is 6.23 Å². The van der Waals surface area contributed by atoms with Gasteiger partial charge in [-0.25, -0.2) is 4.79 Å². The number of aliphatic hydroxyl groups is 1. The first-order valence-corrected chi connectivity index (χ1v) is 2.99. The molecule has 4 nitrogen and oxygen atoms in total. The van der Waals surface area contributed by atoms with E-state index in [1.165, 1.54) is 9.80 Å². The topological polar surface area (TPSA) is 43.8 Å². The maximum Gasteiger partial charge on any atom is 0.325 e. The van der Waals surface area contributed by atoms with Gasteiger partial charge < -0.3 is 10.0 Å². The summed E-state index contributed by atoms with van der Waals surface area (Å²) in [5, 5.41) is 9.06. The van der Waals surface area contributed by atoms with Crippen LogP contribution in [0.1, 0.15) is 0 Å². The average molecular weight is 142 g/mol. The number of amides is 2. The predicted octanol–water partition coefficient (Wildman–Crippen LogP) is -0.184. The normalized spacial score (nSPS) is 25.9. The molecule has 0 saturated heterocycles. The molecular formula is C6H10N2O2. The average Bonchev–Trinajstić information content (AvgIpc) is 1.93. The summed E-state index contributed by atoms with van der Waals surface area (Å²) in [4.78, 5) is 13.6. The van der Waals surface area contributed by atoms with E-state index in [9.17, 15) is 4.79 Å². The zero-order valence-electron chi connectivity index (χ0n) is 5.98. The highest BCUT2D eigenvalue weighted by Gasteiger charge is 2.21. The summed E-state index contributed by atoms with van der Waals surface area (Å²) < 4.78 is 0. The second kappa shape index (κ2) is 2.30. The van der Waals surface area contributed by atoms with Crippen LogP contribution in [0.3, 0.4) is 0 Å². The highest BCUT2D eigenvalue weighted by molar-refractivity contribution is 5.76. The number of nitrogens with zero attached hydrogens (tertiary/aromatic N) is 2. The number of carbonyl (C=O) groups excluding carboxylic acids is 1. The first-order valence-electron chi connectivity index (χ1n) is 2.99. The molecule has 56 valence electrons. The number of hydrogen-bond donors (Lipinski definition) is 1. The molecule has 4 heteroatoms. The van der Waals surface area contributed by atoms with E-state index in [2.05, 4.69) is 0 Å². The Morgan fingerprint density at radius 2 is 2.20 bits per heavy atom. The van der Waals surface area contributed by atoms with E-state index in [-0.39, 0.29) is 6.03 Å². The summed E-state index contributed by atoms with van der Waals surface area (Å²) in [6.45, 7) is 0. The highest BCUT2D eigenvalue weighted by atomic mass is 16.3. The first-order chi connectivity index (χ1) is 4.63. The lowest BCUT2D eigenvalue weighted by atomic mass is 10.4. The van der Waals surface area contributed by atoms with Crippen LogP contribution in [0.5, 0.6) is 0 Å². The van der Waals surface area contributed by atoms with Crippen LogP contribution in [0.25, 0.3) is 0 Å². The van der Waals surface area contributed by atoms with E-state index in [1.807, 2.05) is 0 Å². The molecule has 1 atom stereocenters. The molecule has 1 N–H and O–H groups in total. The zero-order chi connectivity index (χ0) is 7.72. The van der Waals surface area contributed by atoms with Crippen LogP contribution >= 0.6 is 0 Å². The van der Waals surface area contributed by atoms with Crippen LogP contribution in [0.4, 0.5) is 4.79 Å². The third-order valence-corrected chi connectivity index (χ3v) is 1.48. The molecule has 1 aliphatic rings. The van der Waals surface area contributed by atoms with Gasteiger partial charge in [-0.3, -0.25) is 4.90 Å². The van der Waals surface area contributed by atoms with Gasteiger partial charge in [0.15, 0.2) is 6.23 Å². The summed E-state index contributed by atoms with van der Waals surface area (Å²) in [6.07, 6.45) is 2.32. The second-order valence-electron chi connectivity index (χ2n) is 2.26. The van der Waals surface area contributed by atoms with Crippen LogP contribution in [0.15, 0.2) is 12.3 Å². The van der Waals surface area contributed by atoms with Crippen LogP contribution in [0, 0.1) is 0 Å². The number of hydrogen-bond acceptors (Lipinski definition) is 2. The lowest BCUT2D eigenvalue weighted by Crippen LogP contribution is -2.45. The van der Waals surface area contributed by atoms with Crippen molar-refractivity contribution < 1.29 is 9.90 Å². The molecule has 0 radical (unpaired) electrons. The number of likely N-dealkylation sites (N-methyl/N-ethyl adjacent to an activating group) is 1. The number of rotatable bonds is 0. The maximum absolute atomic E-state index is 11.0. The van der Waals surface area contributed by atoms with E-state index in [0.29, 0.717) is 0 Å². The van der Waals surface area contributed by atoms with E-state index >= 15 is 0 Å². The van der Waals surface area contributed by atoms with Crippen molar-refractivity contribution in [2.24, 2.45) is 0 Å². The SMILES string of the molecule is CN1C=CC(O)N(C)C1=O. The Morgan fingerprint density at radius 3 is 2.70 bits per heavy atom. The van der Waals surface area contributed by atoms with Gasteiger partial charge in [0.05, 0.1) is 0 Å². The summed E-state index contributed by atoms with van der Waals surface area (Å²) in [5.74, 6) is 0. The number of aliphatic hydroxyl groups excluding tert-OH is 1. The second-order valence-corrected chi connectivity index (χ2v) is 2.26. The Kier molecular flexibility index (Phi) is 1.63. The standard InChI is InChI=1S/C6H10N2O2/c1-7-4-3-5(9)8(2)6(7)10/h3-5,9H,1-2H3. The summed E-state index contributed by atoms with van der Waals surface area (Å²) in [5.41, 5.74) is 0. The molecule has 2 amide bonds. The van der Waals surface area contributed by atoms with Gasteiger partial charge in [0, 0.05) is 20.3 Å². The molecule has 1 heterocycles. The van der Waals surface area contributed by atoms with E-state index in [4.69, 9.17) is 5.11 Å². The van der Waals surface area contributed by atoms with Gasteiger partial charge >= 0.3 is 6.03 Å². The van der Waals surface area contributed by atoms with Crippen molar-refractivity contribution >= 4 is 6.03 Å². The largest absolute Gasteiger partial charge is 0.370 e. The van der Waals surface area contributed by atoms with Crippen LogP contribution in [-0.2, 0) is 0 Å². The molecule has 10 heavy (non-hydrogen) atoms. The van der Waals surface area contributed by atoms with Crippen LogP contribution in [0.2, 0.25) is 0 Å². The molecule has 0 spiro atoms. The smallest absolute Gasteiger partial charge is 0.325 e. The van der Waals surface area contributed by atoms with Crippen molar-refractivity contribution in [1.82, 2.24) is 9.80 Å². The molecule has 0 saturated carbocycles. The Morgan fingerprint density at radius 1 is 1.60 bits per heavy atom. The third-order valence-electron chi connectivity index (χ3n) is 1.48. The fourth-order valence-corrected chi connectivity index (χ4v) is 0.761. The maximum atomic E-state index is 11.0. The molecule has 0 aliphatic carbocycles. The van der Waals surface area contributed by atoms with Gasteiger partial charge in [-0.2, -0.15) is 0 Å². The molecule has 1 aliphatic heterocycles. The zero-order valence-corrected chi connectivity index (χ0v) is 5.98. The predicted molar refractivity (Wildman–Crippen MR) is 36.1 cm³/mol. The van der Waals surface area contributed by atoms with Crippen LogP contribution < -0.4 is 0 Å². The van der Waals surface area contributed by atoms with Gasteiger partial charge in [-0.15, -0.1) is 0 Å². The summed E-state index contributed by atoms with van der Waals surface area (Å²) >= 11 is 0. The fourth-order valence-electron chi connectivity index (χ4n) is 0.761. The monoisotopic (exact) mass is 142 g/mol. The summed E-state index contributed by atoms with van der Waals surface area (Å²) in [7, 11) is 3.19. The molecule has 1 rings (SSSR count). The molecule has 0 bridgehead atoms. The van der Waals surface area contributed by atoms with Gasteiger partial charge in [-0.1, -0.05) is 0 Å². The van der Waals surface area contributed by atoms with E-state index in [1.54, 1.807) is 26.4 Å². The van der Waals surface area contributed by atoms with Gasteiger partial charge in [0.2, 0.25) is 0 Å². The van der Waals surface area contributed by atoms with Gasteiger partial charge in [-0.05, 0) is 6.08 Å². The van der Waals surface area contributed by atoms with Gasteiger partial charge in [0.1, 0.15) is 0 Å². The minimum atomic E-state index is -0.774. The quantitative estimate of drug-likeness (QED) is 0.509. The van der Waals surface area contributed by atoms with Crippen molar-refractivity contribution in [1.29, 1.82) is 0 Å². The minimum absolute atomic E-state index is 0.199. The first kappa shape index (κ1) is 7.08. The molecule has 1 unspecified atom stereocenters. The lowest BCUT2D eigenvalue weighted by Gasteiger charge is -2.29. The van der Waals surface area contributed by atoms with E-state index in [0.717, 1.165) is 0 Å². The Balaban J connectivity index is 2.79. The molecule has 0 aromatic carbocycles. The van der Waals surface area contributed by atoms with Crippen LogP contribution in [-0.4, -0.2) is 41.3 Å². The Hall–Kier alpha value is -1.03. The molecule has 0 aromatic heterocycles. The molecular weight excluding hydrogens is 132 g/mol. The Bertz CT molecular complexity index is 179. The number of carbonyl (C=O) groups is 1. The molecule has 0 fully saturated rings.